The van der Waals surface area contributed by atoms with Crippen LogP contribution >= 0.6 is 0 Å². The van der Waals surface area contributed by atoms with Crippen molar-refractivity contribution < 1.29 is 17.6 Å². The van der Waals surface area contributed by atoms with Crippen molar-refractivity contribution in [2.24, 2.45) is 0 Å². The number of halogens is 1. The normalized spacial score (nSPS) is 14.8. The maximum atomic E-state index is 13.0. The Bertz CT molecular complexity index is 975. The summed E-state index contributed by atoms with van der Waals surface area (Å²) < 4.78 is 39.6. The molecular weight excluding hydrogens is 390 g/mol. The molecule has 8 heteroatoms. The predicted molar refractivity (Wildman–Crippen MR) is 107 cm³/mol. The van der Waals surface area contributed by atoms with E-state index in [2.05, 4.69) is 16.1 Å². The molecule has 0 saturated carbocycles. The predicted octanol–water partition coefficient (Wildman–Crippen LogP) is 3.07. The van der Waals surface area contributed by atoms with Gasteiger partial charge in [-0.05, 0) is 78.5 Å². The molecule has 0 heterocycles. The zero-order valence-electron chi connectivity index (χ0n) is 15.8. The molecule has 0 bridgehead atoms. The number of aryl methyl sites for hydroxylation is 2. The SMILES string of the molecule is O=C(Nc1c2c(cc3c1CCC3)CCC2)NS(=O)(=O)Cc1ccc(F)cc1.[Na]. The second-order valence-electron chi connectivity index (χ2n) is 7.18. The van der Waals surface area contributed by atoms with Gasteiger partial charge in [0.15, 0.2) is 0 Å². The van der Waals surface area contributed by atoms with Gasteiger partial charge in [0.05, 0.1) is 5.75 Å². The van der Waals surface area contributed by atoms with Crippen LogP contribution in [0.1, 0.15) is 40.7 Å². The van der Waals surface area contributed by atoms with Gasteiger partial charge in [0, 0.05) is 35.2 Å². The average Bonchev–Trinajstić information content (AvgIpc) is 3.25. The molecule has 2 N–H and O–H groups in total. The topological polar surface area (TPSA) is 75.3 Å². The van der Waals surface area contributed by atoms with E-state index in [1.807, 2.05) is 0 Å². The zero-order chi connectivity index (χ0) is 19.0. The van der Waals surface area contributed by atoms with Crippen LogP contribution in [0.3, 0.4) is 0 Å². The van der Waals surface area contributed by atoms with Gasteiger partial charge in [0.25, 0.3) is 0 Å². The fraction of sp³-hybridized carbons (Fsp3) is 0.350. The van der Waals surface area contributed by atoms with E-state index in [0.29, 0.717) is 5.56 Å². The molecule has 0 fully saturated rings. The molecule has 2 aliphatic carbocycles. The van der Waals surface area contributed by atoms with E-state index in [1.165, 1.54) is 35.4 Å². The fourth-order valence-corrected chi connectivity index (χ4v) is 5.12. The molecule has 2 aromatic rings. The third kappa shape index (κ3) is 4.59. The summed E-state index contributed by atoms with van der Waals surface area (Å²) in [5, 5.41) is 2.80. The molecule has 5 nitrogen and oxygen atoms in total. The van der Waals surface area contributed by atoms with E-state index in [1.54, 1.807) is 0 Å². The molecule has 0 aromatic heterocycles. The molecule has 2 aliphatic rings. The molecule has 2 aromatic carbocycles. The third-order valence-electron chi connectivity index (χ3n) is 5.23. The molecule has 0 aliphatic heterocycles. The molecule has 0 spiro atoms. The van der Waals surface area contributed by atoms with E-state index in [4.69, 9.17) is 0 Å². The summed E-state index contributed by atoms with van der Waals surface area (Å²) in [6.45, 7) is 0. The van der Waals surface area contributed by atoms with Gasteiger partial charge in [-0.25, -0.2) is 22.3 Å². The van der Waals surface area contributed by atoms with Crippen molar-refractivity contribution in [3.63, 3.8) is 0 Å². The summed E-state index contributed by atoms with van der Waals surface area (Å²) in [6, 6.07) is 6.68. The number of fused-ring (bicyclic) bond motifs is 2. The van der Waals surface area contributed by atoms with Gasteiger partial charge in [0.1, 0.15) is 5.82 Å². The van der Waals surface area contributed by atoms with Crippen LogP contribution in [0.4, 0.5) is 14.9 Å². The number of hydrogen-bond donors (Lipinski definition) is 2. The van der Waals surface area contributed by atoms with Gasteiger partial charge in [-0.3, -0.25) is 0 Å². The molecule has 28 heavy (non-hydrogen) atoms. The first kappa shape index (κ1) is 21.3. The summed E-state index contributed by atoms with van der Waals surface area (Å²) in [5.41, 5.74) is 6.02. The van der Waals surface area contributed by atoms with Crippen LogP contribution in [-0.4, -0.2) is 44.0 Å². The van der Waals surface area contributed by atoms with Gasteiger partial charge in [-0.1, -0.05) is 18.2 Å². The van der Waals surface area contributed by atoms with E-state index in [0.717, 1.165) is 55.3 Å². The minimum atomic E-state index is -3.88. The van der Waals surface area contributed by atoms with Crippen molar-refractivity contribution in [2.75, 3.05) is 5.32 Å². The van der Waals surface area contributed by atoms with Gasteiger partial charge in [-0.2, -0.15) is 0 Å². The smallest absolute Gasteiger partial charge is 0.307 e. The monoisotopic (exact) mass is 411 g/mol. The molecule has 2 amide bonds. The van der Waals surface area contributed by atoms with Crippen LogP contribution < -0.4 is 10.0 Å². The number of urea groups is 1. The van der Waals surface area contributed by atoms with Crippen LogP contribution in [0.2, 0.25) is 0 Å². The summed E-state index contributed by atoms with van der Waals surface area (Å²) >= 11 is 0. The van der Waals surface area contributed by atoms with E-state index < -0.39 is 21.9 Å². The molecule has 0 unspecified atom stereocenters. The van der Waals surface area contributed by atoms with E-state index in [-0.39, 0.29) is 35.3 Å². The Morgan fingerprint density at radius 3 is 2.11 bits per heavy atom. The van der Waals surface area contributed by atoms with Crippen LogP contribution in [0.25, 0.3) is 0 Å². The number of rotatable bonds is 4. The quantitative estimate of drug-likeness (QED) is 0.760. The second kappa shape index (κ2) is 8.53. The van der Waals surface area contributed by atoms with Crippen molar-refractivity contribution in [1.29, 1.82) is 0 Å². The van der Waals surface area contributed by atoms with Crippen molar-refractivity contribution >= 4 is 51.3 Å². The Labute approximate surface area is 186 Å². The maximum Gasteiger partial charge on any atom is 0.332 e. The average molecular weight is 411 g/mol. The van der Waals surface area contributed by atoms with Crippen LogP contribution in [0.15, 0.2) is 30.3 Å². The van der Waals surface area contributed by atoms with Gasteiger partial charge >= 0.3 is 6.03 Å². The standard InChI is InChI=1S/C20H21FN2O3S.Na/c21-16-9-7-13(8-10-16)12-27(25,26)23-20(24)22-19-17-5-1-3-14(17)11-15-4-2-6-18(15)19;/h7-11H,1-6,12H2,(H2,22,23,24);. The largest absolute Gasteiger partial charge is 0.332 e. The molecule has 0 saturated heterocycles. The number of sulfonamides is 1. The fourth-order valence-electron chi connectivity index (χ4n) is 4.08. The Balaban J connectivity index is 0.00000225. The summed E-state index contributed by atoms with van der Waals surface area (Å²) in [4.78, 5) is 12.4. The Hall–Kier alpha value is -1.41. The summed E-state index contributed by atoms with van der Waals surface area (Å²) in [7, 11) is -3.88. The summed E-state index contributed by atoms with van der Waals surface area (Å²) in [5.74, 6) is -0.820. The van der Waals surface area contributed by atoms with Crippen molar-refractivity contribution in [2.45, 2.75) is 44.3 Å². The van der Waals surface area contributed by atoms with E-state index >= 15 is 0 Å². The number of carbonyl (C=O) groups is 1. The first-order valence-electron chi connectivity index (χ1n) is 9.14. The number of hydrogen-bond acceptors (Lipinski definition) is 3. The van der Waals surface area contributed by atoms with Gasteiger partial charge in [-0.15, -0.1) is 0 Å². The summed E-state index contributed by atoms with van der Waals surface area (Å²) in [6.07, 6.45) is 5.92. The van der Waals surface area contributed by atoms with Crippen molar-refractivity contribution in [1.82, 2.24) is 4.72 Å². The second-order valence-corrected chi connectivity index (χ2v) is 8.90. The molecule has 4 rings (SSSR count). The van der Waals surface area contributed by atoms with Crippen LogP contribution in [-0.2, 0) is 41.5 Å². The maximum absolute atomic E-state index is 13.0. The number of carbonyl (C=O) groups excluding carboxylic acids is 1. The van der Waals surface area contributed by atoms with Gasteiger partial charge in [0.2, 0.25) is 10.0 Å². The first-order chi connectivity index (χ1) is 12.9. The molecule has 143 valence electrons. The Morgan fingerprint density at radius 2 is 1.54 bits per heavy atom. The van der Waals surface area contributed by atoms with Gasteiger partial charge < -0.3 is 5.32 Å². The number of amides is 2. The number of anilines is 1. The Kier molecular flexibility index (Phi) is 6.49. The first-order valence-corrected chi connectivity index (χ1v) is 10.8. The van der Waals surface area contributed by atoms with Crippen LogP contribution in [0, 0.1) is 5.82 Å². The number of nitrogens with one attached hydrogen (secondary N) is 2. The van der Waals surface area contributed by atoms with Crippen molar-refractivity contribution in [3.05, 3.63) is 64.0 Å². The van der Waals surface area contributed by atoms with E-state index in [9.17, 15) is 17.6 Å². The van der Waals surface area contributed by atoms with Crippen LogP contribution in [0.5, 0.6) is 0 Å². The molecule has 0 atom stereocenters. The Morgan fingerprint density at radius 1 is 0.964 bits per heavy atom. The minimum absolute atomic E-state index is 0. The number of benzene rings is 2. The molecular formula is C20H21FN2NaO3S. The zero-order valence-corrected chi connectivity index (χ0v) is 18.7. The molecule has 1 radical (unpaired) electrons. The minimum Gasteiger partial charge on any atom is -0.307 e. The third-order valence-corrected chi connectivity index (χ3v) is 6.44. The van der Waals surface area contributed by atoms with Crippen molar-refractivity contribution in [3.8, 4) is 0 Å².